The number of carbonyl (C=O) groups is 2. The molecule has 0 bridgehead atoms. The SMILES string of the molecule is CN(Cc1cscn1)C(=O)NC(=O)CCl. The maximum Gasteiger partial charge on any atom is 0.324 e. The number of rotatable bonds is 3. The predicted molar refractivity (Wildman–Crippen MR) is 57.8 cm³/mol. The Labute approximate surface area is 96.1 Å². The minimum Gasteiger partial charge on any atom is -0.322 e. The number of halogens is 1. The van der Waals surface area contributed by atoms with E-state index in [2.05, 4.69) is 10.3 Å². The molecule has 5 nitrogen and oxygen atoms in total. The summed E-state index contributed by atoms with van der Waals surface area (Å²) >= 11 is 6.70. The van der Waals surface area contributed by atoms with Crippen molar-refractivity contribution >= 4 is 34.9 Å². The first-order chi connectivity index (χ1) is 7.13. The van der Waals surface area contributed by atoms with Gasteiger partial charge in [-0.2, -0.15) is 0 Å². The fraction of sp³-hybridized carbons (Fsp3) is 0.375. The Balaban J connectivity index is 2.43. The minimum absolute atomic E-state index is 0.226. The molecule has 1 heterocycles. The second-order valence-electron chi connectivity index (χ2n) is 2.82. The van der Waals surface area contributed by atoms with Crippen molar-refractivity contribution in [3.63, 3.8) is 0 Å². The van der Waals surface area contributed by atoms with Crippen LogP contribution < -0.4 is 5.32 Å². The molecule has 0 aliphatic carbocycles. The maximum atomic E-state index is 11.3. The number of aromatic nitrogens is 1. The Bertz CT molecular complexity index is 342. The Hall–Kier alpha value is -1.14. The molecule has 0 radical (unpaired) electrons. The van der Waals surface area contributed by atoms with Crippen LogP contribution in [0.1, 0.15) is 5.69 Å². The summed E-state index contributed by atoms with van der Waals surface area (Å²) in [4.78, 5) is 27.6. The maximum absolute atomic E-state index is 11.3. The van der Waals surface area contributed by atoms with Gasteiger partial charge < -0.3 is 4.90 Å². The molecule has 82 valence electrons. The molecule has 0 aliphatic rings. The van der Waals surface area contributed by atoms with Crippen LogP contribution in [0.25, 0.3) is 0 Å². The van der Waals surface area contributed by atoms with Gasteiger partial charge in [-0.15, -0.1) is 22.9 Å². The van der Waals surface area contributed by atoms with E-state index in [-0.39, 0.29) is 5.88 Å². The lowest BCUT2D eigenvalue weighted by molar-refractivity contribution is -0.117. The van der Waals surface area contributed by atoms with Crippen molar-refractivity contribution in [2.45, 2.75) is 6.54 Å². The van der Waals surface area contributed by atoms with Gasteiger partial charge in [-0.3, -0.25) is 10.1 Å². The number of amides is 3. The van der Waals surface area contributed by atoms with Crippen LogP contribution in [0, 0.1) is 0 Å². The third kappa shape index (κ3) is 3.85. The van der Waals surface area contributed by atoms with E-state index >= 15 is 0 Å². The number of hydrogen-bond acceptors (Lipinski definition) is 4. The Morgan fingerprint density at radius 2 is 2.40 bits per heavy atom. The third-order valence-corrected chi connectivity index (χ3v) is 2.48. The van der Waals surface area contributed by atoms with Gasteiger partial charge in [0.15, 0.2) is 0 Å². The largest absolute Gasteiger partial charge is 0.324 e. The van der Waals surface area contributed by atoms with Crippen LogP contribution in [-0.4, -0.2) is 34.7 Å². The zero-order valence-electron chi connectivity index (χ0n) is 8.07. The number of alkyl halides is 1. The highest BCUT2D eigenvalue weighted by atomic mass is 35.5. The topological polar surface area (TPSA) is 62.3 Å². The number of imide groups is 1. The first-order valence-electron chi connectivity index (χ1n) is 4.11. The predicted octanol–water partition coefficient (Wildman–Crippen LogP) is 1.05. The monoisotopic (exact) mass is 247 g/mol. The van der Waals surface area contributed by atoms with Crippen molar-refractivity contribution in [3.8, 4) is 0 Å². The fourth-order valence-electron chi connectivity index (χ4n) is 0.879. The molecule has 15 heavy (non-hydrogen) atoms. The summed E-state index contributed by atoms with van der Waals surface area (Å²) in [7, 11) is 1.58. The zero-order valence-corrected chi connectivity index (χ0v) is 9.64. The smallest absolute Gasteiger partial charge is 0.322 e. The highest BCUT2D eigenvalue weighted by molar-refractivity contribution is 7.07. The van der Waals surface area contributed by atoms with E-state index in [4.69, 9.17) is 11.6 Å². The van der Waals surface area contributed by atoms with Gasteiger partial charge >= 0.3 is 6.03 Å². The van der Waals surface area contributed by atoms with Gasteiger partial charge in [0, 0.05) is 12.4 Å². The second-order valence-corrected chi connectivity index (χ2v) is 3.81. The highest BCUT2D eigenvalue weighted by Gasteiger charge is 2.12. The van der Waals surface area contributed by atoms with Gasteiger partial charge in [-0.1, -0.05) is 0 Å². The van der Waals surface area contributed by atoms with Crippen LogP contribution in [0.2, 0.25) is 0 Å². The van der Waals surface area contributed by atoms with Crippen molar-refractivity contribution < 1.29 is 9.59 Å². The van der Waals surface area contributed by atoms with Crippen molar-refractivity contribution in [2.24, 2.45) is 0 Å². The minimum atomic E-state index is -0.508. The molecule has 1 aromatic rings. The normalized spacial score (nSPS) is 9.73. The third-order valence-electron chi connectivity index (χ3n) is 1.60. The van der Waals surface area contributed by atoms with Gasteiger partial charge in [0.25, 0.3) is 0 Å². The Morgan fingerprint density at radius 1 is 1.67 bits per heavy atom. The van der Waals surface area contributed by atoms with E-state index < -0.39 is 11.9 Å². The molecular formula is C8H10ClN3O2S. The first-order valence-corrected chi connectivity index (χ1v) is 5.59. The number of hydrogen-bond donors (Lipinski definition) is 1. The van der Waals surface area contributed by atoms with Gasteiger partial charge in [-0.05, 0) is 0 Å². The average Bonchev–Trinajstić information content (AvgIpc) is 2.70. The lowest BCUT2D eigenvalue weighted by atomic mass is 10.4. The number of nitrogens with zero attached hydrogens (tertiary/aromatic N) is 2. The van der Waals surface area contributed by atoms with Crippen LogP contribution in [0.15, 0.2) is 10.9 Å². The lowest BCUT2D eigenvalue weighted by Gasteiger charge is -2.15. The number of thiazole rings is 1. The molecule has 3 amide bonds. The molecule has 0 atom stereocenters. The van der Waals surface area contributed by atoms with Crippen molar-refractivity contribution in [3.05, 3.63) is 16.6 Å². The summed E-state index contributed by atoms with van der Waals surface area (Å²) in [6.07, 6.45) is 0. The Kier molecular flexibility index (Phi) is 4.51. The molecule has 0 saturated heterocycles. The standard InChI is InChI=1S/C8H10ClN3O2S/c1-12(3-6-4-15-5-10-6)8(14)11-7(13)2-9/h4-5H,2-3H2,1H3,(H,11,13,14). The molecule has 0 spiro atoms. The second kappa shape index (κ2) is 5.67. The van der Waals surface area contributed by atoms with Gasteiger partial charge in [-0.25, -0.2) is 9.78 Å². The summed E-state index contributed by atoms with van der Waals surface area (Å²) < 4.78 is 0. The molecule has 7 heteroatoms. The van der Waals surface area contributed by atoms with E-state index in [1.165, 1.54) is 16.2 Å². The summed E-state index contributed by atoms with van der Waals surface area (Å²) in [6, 6.07) is -0.478. The van der Waals surface area contributed by atoms with Crippen molar-refractivity contribution in [2.75, 3.05) is 12.9 Å². The van der Waals surface area contributed by atoms with E-state index in [0.29, 0.717) is 6.54 Å². The quantitative estimate of drug-likeness (QED) is 0.813. The van der Waals surface area contributed by atoms with Gasteiger partial charge in [0.05, 0.1) is 17.7 Å². The first kappa shape index (κ1) is 11.9. The number of urea groups is 1. The van der Waals surface area contributed by atoms with Crippen LogP contribution >= 0.6 is 22.9 Å². The lowest BCUT2D eigenvalue weighted by Crippen LogP contribution is -2.40. The molecule has 1 N–H and O–H groups in total. The van der Waals surface area contributed by atoms with E-state index in [1.807, 2.05) is 5.38 Å². The van der Waals surface area contributed by atoms with E-state index in [0.717, 1.165) is 5.69 Å². The van der Waals surface area contributed by atoms with Crippen LogP contribution in [0.3, 0.4) is 0 Å². The van der Waals surface area contributed by atoms with Crippen molar-refractivity contribution in [1.82, 2.24) is 15.2 Å². The summed E-state index contributed by atoms with van der Waals surface area (Å²) in [5.74, 6) is -0.734. The molecule has 0 saturated carbocycles. The highest BCUT2D eigenvalue weighted by Crippen LogP contribution is 2.03. The van der Waals surface area contributed by atoms with Crippen LogP contribution in [0.5, 0.6) is 0 Å². The van der Waals surface area contributed by atoms with Crippen molar-refractivity contribution in [1.29, 1.82) is 0 Å². The molecular weight excluding hydrogens is 238 g/mol. The molecule has 0 aliphatic heterocycles. The molecule has 0 fully saturated rings. The van der Waals surface area contributed by atoms with Gasteiger partial charge in [0.2, 0.25) is 5.91 Å². The molecule has 1 aromatic heterocycles. The van der Waals surface area contributed by atoms with Crippen LogP contribution in [-0.2, 0) is 11.3 Å². The number of carbonyl (C=O) groups excluding carboxylic acids is 2. The van der Waals surface area contributed by atoms with E-state index in [1.54, 1.807) is 12.6 Å². The zero-order chi connectivity index (χ0) is 11.3. The van der Waals surface area contributed by atoms with Crippen LogP contribution in [0.4, 0.5) is 4.79 Å². The molecule has 1 rings (SSSR count). The van der Waals surface area contributed by atoms with Gasteiger partial charge in [0.1, 0.15) is 5.88 Å². The molecule has 0 unspecified atom stereocenters. The summed E-state index contributed by atoms with van der Waals surface area (Å²) in [5.41, 5.74) is 2.47. The number of nitrogens with one attached hydrogen (secondary N) is 1. The Morgan fingerprint density at radius 3 is 2.93 bits per heavy atom. The average molecular weight is 248 g/mol. The fourth-order valence-corrected chi connectivity index (χ4v) is 1.49. The molecule has 0 aromatic carbocycles. The summed E-state index contributed by atoms with van der Waals surface area (Å²) in [6.45, 7) is 0.366. The summed E-state index contributed by atoms with van der Waals surface area (Å²) in [5, 5.41) is 3.97. The van der Waals surface area contributed by atoms with E-state index in [9.17, 15) is 9.59 Å².